The van der Waals surface area contributed by atoms with Crippen molar-refractivity contribution in [3.8, 4) is 0 Å². The molecule has 1 N–H and O–H groups in total. The molecule has 0 saturated heterocycles. The molecule has 0 heterocycles. The molecule has 13 heavy (non-hydrogen) atoms. The summed E-state index contributed by atoms with van der Waals surface area (Å²) < 4.78 is 0. The van der Waals surface area contributed by atoms with Crippen molar-refractivity contribution in [3.05, 3.63) is 48.2 Å². The van der Waals surface area contributed by atoms with E-state index >= 15 is 0 Å². The third-order valence-electron chi connectivity index (χ3n) is 1.99. The Labute approximate surface area is 80.5 Å². The van der Waals surface area contributed by atoms with Gasteiger partial charge in [0.15, 0.2) is 0 Å². The average molecular weight is 175 g/mol. The van der Waals surface area contributed by atoms with Gasteiger partial charge < -0.3 is 5.32 Å². The quantitative estimate of drug-likeness (QED) is 0.725. The van der Waals surface area contributed by atoms with E-state index in [0.29, 0.717) is 0 Å². The Morgan fingerprint density at radius 3 is 2.62 bits per heavy atom. The minimum Gasteiger partial charge on any atom is -0.389 e. The van der Waals surface area contributed by atoms with Gasteiger partial charge in [0.1, 0.15) is 0 Å². The summed E-state index contributed by atoms with van der Waals surface area (Å²) in [7, 11) is 0. The molecular weight excluding hydrogens is 158 g/mol. The van der Waals surface area contributed by atoms with Gasteiger partial charge in [-0.3, -0.25) is 0 Å². The van der Waals surface area contributed by atoms with Crippen LogP contribution in [0.5, 0.6) is 0 Å². The molecular formula is C12H17N. The lowest BCUT2D eigenvalue weighted by Gasteiger charge is -2.06. The Bertz CT molecular complexity index is 251. The minimum atomic E-state index is 0.966. The summed E-state index contributed by atoms with van der Waals surface area (Å²) in [4.78, 5) is 0. The van der Waals surface area contributed by atoms with Crippen LogP contribution in [-0.2, 0) is 6.42 Å². The fraction of sp³-hybridized carbons (Fsp3) is 0.333. The van der Waals surface area contributed by atoms with E-state index in [0.717, 1.165) is 25.1 Å². The maximum Gasteiger partial charge on any atom is 0.0115 e. The van der Waals surface area contributed by atoms with Gasteiger partial charge in [-0.05, 0) is 25.3 Å². The molecule has 0 saturated carbocycles. The highest BCUT2D eigenvalue weighted by Gasteiger charge is 1.93. The number of rotatable bonds is 5. The van der Waals surface area contributed by atoms with Crippen LogP contribution in [0.4, 0.5) is 0 Å². The second kappa shape index (κ2) is 5.41. The fourth-order valence-corrected chi connectivity index (χ4v) is 1.28. The molecule has 0 aliphatic heterocycles. The van der Waals surface area contributed by atoms with E-state index in [1.54, 1.807) is 0 Å². The van der Waals surface area contributed by atoms with Crippen LogP contribution in [0.15, 0.2) is 42.6 Å². The molecule has 0 aliphatic rings. The van der Waals surface area contributed by atoms with Gasteiger partial charge in [-0.1, -0.05) is 36.9 Å². The number of hydrogen-bond acceptors (Lipinski definition) is 1. The van der Waals surface area contributed by atoms with E-state index in [-0.39, 0.29) is 0 Å². The lowest BCUT2D eigenvalue weighted by atomic mass is 10.1. The van der Waals surface area contributed by atoms with Crippen LogP contribution in [0.1, 0.15) is 18.9 Å². The fourth-order valence-electron chi connectivity index (χ4n) is 1.28. The predicted octanol–water partition coefficient (Wildman–Crippen LogP) is 2.74. The minimum absolute atomic E-state index is 0.966. The normalized spacial score (nSPS) is 9.62. The molecule has 70 valence electrons. The highest BCUT2D eigenvalue weighted by atomic mass is 14.9. The SMILES string of the molecule is C=C(CCc1ccccc1)NCC. The van der Waals surface area contributed by atoms with Gasteiger partial charge in [0.05, 0.1) is 0 Å². The first-order chi connectivity index (χ1) is 6.33. The van der Waals surface area contributed by atoms with E-state index < -0.39 is 0 Å². The lowest BCUT2D eigenvalue weighted by molar-refractivity contribution is 0.778. The monoisotopic (exact) mass is 175 g/mol. The Balaban J connectivity index is 2.31. The summed E-state index contributed by atoms with van der Waals surface area (Å²) >= 11 is 0. The van der Waals surface area contributed by atoms with Crippen LogP contribution in [0.3, 0.4) is 0 Å². The summed E-state index contributed by atoms with van der Waals surface area (Å²) in [6, 6.07) is 10.5. The van der Waals surface area contributed by atoms with Crippen molar-refractivity contribution < 1.29 is 0 Å². The van der Waals surface area contributed by atoms with Crippen LogP contribution >= 0.6 is 0 Å². The number of nitrogens with one attached hydrogen (secondary N) is 1. The highest BCUT2D eigenvalue weighted by molar-refractivity contribution is 5.15. The van der Waals surface area contributed by atoms with Crippen molar-refractivity contribution in [3.63, 3.8) is 0 Å². The molecule has 1 rings (SSSR count). The second-order valence-electron chi connectivity index (χ2n) is 3.12. The first-order valence-electron chi connectivity index (χ1n) is 4.78. The zero-order chi connectivity index (χ0) is 9.52. The van der Waals surface area contributed by atoms with Crippen LogP contribution in [-0.4, -0.2) is 6.54 Å². The molecule has 0 atom stereocenters. The Morgan fingerprint density at radius 2 is 2.00 bits per heavy atom. The Kier molecular flexibility index (Phi) is 4.10. The van der Waals surface area contributed by atoms with Crippen LogP contribution in [0.25, 0.3) is 0 Å². The number of aryl methyl sites for hydroxylation is 1. The van der Waals surface area contributed by atoms with Crippen LogP contribution in [0.2, 0.25) is 0 Å². The second-order valence-corrected chi connectivity index (χ2v) is 3.12. The van der Waals surface area contributed by atoms with Gasteiger partial charge in [0, 0.05) is 12.2 Å². The van der Waals surface area contributed by atoms with E-state index in [9.17, 15) is 0 Å². The molecule has 1 nitrogen and oxygen atoms in total. The summed E-state index contributed by atoms with van der Waals surface area (Å²) in [6.45, 7) is 7.01. The smallest absolute Gasteiger partial charge is 0.0115 e. The third kappa shape index (κ3) is 3.79. The summed E-state index contributed by atoms with van der Waals surface area (Å²) in [5.41, 5.74) is 2.51. The number of allylic oxidation sites excluding steroid dienone is 1. The zero-order valence-electron chi connectivity index (χ0n) is 8.22. The highest BCUT2D eigenvalue weighted by Crippen LogP contribution is 2.05. The van der Waals surface area contributed by atoms with Gasteiger partial charge in [0.25, 0.3) is 0 Å². The largest absolute Gasteiger partial charge is 0.389 e. The molecule has 0 unspecified atom stereocenters. The van der Waals surface area contributed by atoms with E-state index in [1.807, 2.05) is 6.07 Å². The number of hydrogen-bond donors (Lipinski definition) is 1. The third-order valence-corrected chi connectivity index (χ3v) is 1.99. The maximum absolute atomic E-state index is 3.95. The van der Waals surface area contributed by atoms with Gasteiger partial charge in [-0.2, -0.15) is 0 Å². The van der Waals surface area contributed by atoms with Crippen molar-refractivity contribution in [2.24, 2.45) is 0 Å². The molecule has 1 aromatic rings. The van der Waals surface area contributed by atoms with Crippen molar-refractivity contribution >= 4 is 0 Å². The van der Waals surface area contributed by atoms with Crippen LogP contribution < -0.4 is 5.32 Å². The predicted molar refractivity (Wildman–Crippen MR) is 57.6 cm³/mol. The lowest BCUT2D eigenvalue weighted by Crippen LogP contribution is -2.11. The van der Waals surface area contributed by atoms with Crippen molar-refractivity contribution in [2.45, 2.75) is 19.8 Å². The number of benzene rings is 1. The molecule has 1 heteroatoms. The van der Waals surface area contributed by atoms with E-state index in [4.69, 9.17) is 0 Å². The molecule has 0 bridgehead atoms. The maximum atomic E-state index is 3.95. The molecule has 0 fully saturated rings. The molecule has 0 radical (unpaired) electrons. The Hall–Kier alpha value is -1.24. The summed E-state index contributed by atoms with van der Waals surface area (Å²) in [5.74, 6) is 0. The zero-order valence-corrected chi connectivity index (χ0v) is 8.22. The van der Waals surface area contributed by atoms with Crippen molar-refractivity contribution in [2.75, 3.05) is 6.54 Å². The summed E-state index contributed by atoms with van der Waals surface area (Å²) in [6.07, 6.45) is 2.10. The summed E-state index contributed by atoms with van der Waals surface area (Å²) in [5, 5.41) is 3.22. The molecule has 0 aromatic heterocycles. The molecule has 0 spiro atoms. The molecule has 1 aromatic carbocycles. The van der Waals surface area contributed by atoms with E-state index in [1.165, 1.54) is 5.56 Å². The average Bonchev–Trinajstić information content (AvgIpc) is 2.17. The van der Waals surface area contributed by atoms with Gasteiger partial charge in [-0.15, -0.1) is 0 Å². The van der Waals surface area contributed by atoms with E-state index in [2.05, 4.69) is 43.1 Å². The van der Waals surface area contributed by atoms with Gasteiger partial charge in [-0.25, -0.2) is 0 Å². The topological polar surface area (TPSA) is 12.0 Å². The standard InChI is InChI=1S/C12H17N/c1-3-13-11(2)9-10-12-7-5-4-6-8-12/h4-8,13H,2-3,9-10H2,1H3. The van der Waals surface area contributed by atoms with Crippen molar-refractivity contribution in [1.29, 1.82) is 0 Å². The van der Waals surface area contributed by atoms with Crippen molar-refractivity contribution in [1.82, 2.24) is 5.32 Å². The first kappa shape index (κ1) is 9.85. The first-order valence-corrected chi connectivity index (χ1v) is 4.78. The van der Waals surface area contributed by atoms with Gasteiger partial charge in [0.2, 0.25) is 0 Å². The molecule has 0 amide bonds. The van der Waals surface area contributed by atoms with Gasteiger partial charge >= 0.3 is 0 Å². The molecule has 0 aliphatic carbocycles. The Morgan fingerprint density at radius 1 is 1.31 bits per heavy atom. The van der Waals surface area contributed by atoms with Crippen LogP contribution in [0, 0.1) is 0 Å².